The molecule has 0 saturated heterocycles. The molecule has 0 aliphatic carbocycles. The van der Waals surface area contributed by atoms with Crippen molar-refractivity contribution in [2.45, 2.75) is 6.42 Å². The first-order chi connectivity index (χ1) is 7.41. The van der Waals surface area contributed by atoms with E-state index in [1.807, 2.05) is 7.05 Å². The lowest BCUT2D eigenvalue weighted by Crippen LogP contribution is -2.32. The van der Waals surface area contributed by atoms with Crippen LogP contribution in [0.25, 0.3) is 0 Å². The van der Waals surface area contributed by atoms with Crippen LogP contribution in [0.5, 0.6) is 0 Å². The van der Waals surface area contributed by atoms with Crippen molar-refractivity contribution >= 4 is 0 Å². The van der Waals surface area contributed by atoms with E-state index in [2.05, 4.69) is 21.3 Å². The SMILES string of the molecule is CNCCNCCCNCCNCCN. The standard InChI is InChI=1S/C10H27N5/c1-12-7-8-13-4-2-5-14-9-10-15-6-3-11/h12-15H,2-11H2,1H3. The number of nitrogens with one attached hydrogen (secondary N) is 4. The van der Waals surface area contributed by atoms with Crippen LogP contribution >= 0.6 is 0 Å². The van der Waals surface area contributed by atoms with E-state index in [1.165, 1.54) is 6.42 Å². The van der Waals surface area contributed by atoms with Crippen LogP contribution in [0.1, 0.15) is 6.42 Å². The average molecular weight is 217 g/mol. The van der Waals surface area contributed by atoms with Gasteiger partial charge in [-0.15, -0.1) is 0 Å². The predicted octanol–water partition coefficient (Wildman–Crippen LogP) is -1.68. The van der Waals surface area contributed by atoms with Crippen molar-refractivity contribution < 1.29 is 0 Å². The number of nitrogens with two attached hydrogens (primary N) is 1. The summed E-state index contributed by atoms with van der Waals surface area (Å²) in [5.41, 5.74) is 5.35. The second-order valence-electron chi connectivity index (χ2n) is 3.50. The Kier molecular flexibility index (Phi) is 13.6. The predicted molar refractivity (Wildman–Crippen MR) is 66.2 cm³/mol. The van der Waals surface area contributed by atoms with Gasteiger partial charge in [-0.05, 0) is 26.6 Å². The Bertz CT molecular complexity index is 98.0. The maximum atomic E-state index is 5.35. The minimum absolute atomic E-state index is 0.718. The summed E-state index contributed by atoms with van der Waals surface area (Å²) in [6, 6.07) is 0. The zero-order valence-corrected chi connectivity index (χ0v) is 9.94. The second kappa shape index (κ2) is 13.8. The molecular weight excluding hydrogens is 190 g/mol. The molecule has 0 aromatic heterocycles. The Balaban J connectivity index is 2.81. The highest BCUT2D eigenvalue weighted by Gasteiger charge is 1.88. The first-order valence-electron chi connectivity index (χ1n) is 5.88. The second-order valence-corrected chi connectivity index (χ2v) is 3.50. The van der Waals surface area contributed by atoms with Crippen LogP contribution in [-0.4, -0.2) is 59.4 Å². The van der Waals surface area contributed by atoms with Gasteiger partial charge in [0.2, 0.25) is 0 Å². The van der Waals surface area contributed by atoms with E-state index in [4.69, 9.17) is 5.73 Å². The molecule has 92 valence electrons. The van der Waals surface area contributed by atoms with Crippen molar-refractivity contribution in [2.75, 3.05) is 59.4 Å². The van der Waals surface area contributed by atoms with Gasteiger partial charge >= 0.3 is 0 Å². The van der Waals surface area contributed by atoms with Gasteiger partial charge in [0, 0.05) is 39.3 Å². The van der Waals surface area contributed by atoms with Gasteiger partial charge in [0.1, 0.15) is 0 Å². The largest absolute Gasteiger partial charge is 0.329 e. The smallest absolute Gasteiger partial charge is 0.00772 e. The summed E-state index contributed by atoms with van der Waals surface area (Å²) in [6.45, 7) is 7.91. The normalized spacial score (nSPS) is 10.8. The highest BCUT2D eigenvalue weighted by atomic mass is 15.0. The maximum Gasteiger partial charge on any atom is 0.00772 e. The Labute approximate surface area is 93.6 Å². The Morgan fingerprint density at radius 3 is 1.80 bits per heavy atom. The number of hydrogen-bond donors (Lipinski definition) is 5. The van der Waals surface area contributed by atoms with Crippen molar-refractivity contribution in [2.24, 2.45) is 5.73 Å². The fraction of sp³-hybridized carbons (Fsp3) is 1.00. The van der Waals surface area contributed by atoms with E-state index in [0.29, 0.717) is 0 Å². The zero-order valence-electron chi connectivity index (χ0n) is 9.94. The maximum absolute atomic E-state index is 5.35. The zero-order chi connectivity index (χ0) is 11.2. The first-order valence-corrected chi connectivity index (χ1v) is 5.88. The molecule has 0 saturated carbocycles. The van der Waals surface area contributed by atoms with Gasteiger partial charge < -0.3 is 27.0 Å². The molecule has 0 heterocycles. The lowest BCUT2D eigenvalue weighted by molar-refractivity contribution is 0.570. The van der Waals surface area contributed by atoms with E-state index in [-0.39, 0.29) is 0 Å². The molecule has 0 spiro atoms. The minimum Gasteiger partial charge on any atom is -0.329 e. The van der Waals surface area contributed by atoms with Gasteiger partial charge in [0.15, 0.2) is 0 Å². The molecule has 0 atom stereocenters. The van der Waals surface area contributed by atoms with Crippen LogP contribution in [-0.2, 0) is 0 Å². The van der Waals surface area contributed by atoms with E-state index in [0.717, 1.165) is 52.4 Å². The summed E-state index contributed by atoms with van der Waals surface area (Å²) in [7, 11) is 1.97. The number of hydrogen-bond acceptors (Lipinski definition) is 5. The van der Waals surface area contributed by atoms with Gasteiger partial charge in [-0.3, -0.25) is 0 Å². The molecule has 0 bridgehead atoms. The van der Waals surface area contributed by atoms with E-state index in [9.17, 15) is 0 Å². The van der Waals surface area contributed by atoms with Crippen LogP contribution in [0.3, 0.4) is 0 Å². The molecule has 0 rings (SSSR count). The lowest BCUT2D eigenvalue weighted by atomic mass is 10.4. The third-order valence-electron chi connectivity index (χ3n) is 2.06. The monoisotopic (exact) mass is 217 g/mol. The Morgan fingerprint density at radius 1 is 0.733 bits per heavy atom. The van der Waals surface area contributed by atoms with Crippen molar-refractivity contribution in [3.05, 3.63) is 0 Å². The molecule has 0 aromatic rings. The molecule has 5 heteroatoms. The molecule has 0 aliphatic rings. The summed E-state index contributed by atoms with van der Waals surface area (Å²) in [6.07, 6.45) is 1.18. The van der Waals surface area contributed by atoms with Crippen molar-refractivity contribution in [1.82, 2.24) is 21.3 Å². The summed E-state index contributed by atoms with van der Waals surface area (Å²) in [5.74, 6) is 0. The van der Waals surface area contributed by atoms with Crippen LogP contribution in [0.15, 0.2) is 0 Å². The van der Waals surface area contributed by atoms with E-state index in [1.54, 1.807) is 0 Å². The first kappa shape index (κ1) is 14.8. The van der Waals surface area contributed by atoms with Gasteiger partial charge in [-0.1, -0.05) is 0 Å². The molecule has 0 aliphatic heterocycles. The van der Waals surface area contributed by atoms with Crippen molar-refractivity contribution in [3.63, 3.8) is 0 Å². The molecule has 0 unspecified atom stereocenters. The topological polar surface area (TPSA) is 74.1 Å². The summed E-state index contributed by atoms with van der Waals surface area (Å²) < 4.78 is 0. The fourth-order valence-electron chi connectivity index (χ4n) is 1.21. The molecule has 0 radical (unpaired) electrons. The van der Waals surface area contributed by atoms with Crippen molar-refractivity contribution in [1.29, 1.82) is 0 Å². The van der Waals surface area contributed by atoms with Gasteiger partial charge in [-0.25, -0.2) is 0 Å². The quantitative estimate of drug-likeness (QED) is 0.253. The lowest BCUT2D eigenvalue weighted by Gasteiger charge is -2.06. The highest BCUT2D eigenvalue weighted by Crippen LogP contribution is 1.72. The molecule has 0 fully saturated rings. The third kappa shape index (κ3) is 13.8. The van der Waals surface area contributed by atoms with Crippen molar-refractivity contribution in [3.8, 4) is 0 Å². The van der Waals surface area contributed by atoms with Gasteiger partial charge in [0.05, 0.1) is 0 Å². The molecule has 0 aromatic carbocycles. The fourth-order valence-corrected chi connectivity index (χ4v) is 1.21. The molecule has 6 N–H and O–H groups in total. The third-order valence-corrected chi connectivity index (χ3v) is 2.06. The van der Waals surface area contributed by atoms with Crippen LogP contribution in [0.4, 0.5) is 0 Å². The Hall–Kier alpha value is -0.200. The molecule has 0 amide bonds. The van der Waals surface area contributed by atoms with E-state index < -0.39 is 0 Å². The highest BCUT2D eigenvalue weighted by molar-refractivity contribution is 4.55. The summed E-state index contributed by atoms with van der Waals surface area (Å²) in [4.78, 5) is 0. The van der Waals surface area contributed by atoms with Crippen LogP contribution in [0, 0.1) is 0 Å². The van der Waals surface area contributed by atoms with E-state index >= 15 is 0 Å². The van der Waals surface area contributed by atoms with Gasteiger partial charge in [0.25, 0.3) is 0 Å². The van der Waals surface area contributed by atoms with Crippen LogP contribution in [0.2, 0.25) is 0 Å². The average Bonchev–Trinajstić information content (AvgIpc) is 2.26. The van der Waals surface area contributed by atoms with Crippen LogP contribution < -0.4 is 27.0 Å². The minimum atomic E-state index is 0.718. The number of rotatable bonds is 12. The van der Waals surface area contributed by atoms with Gasteiger partial charge in [-0.2, -0.15) is 0 Å². The molecular formula is C10H27N5. The molecule has 5 nitrogen and oxygen atoms in total. The summed E-state index contributed by atoms with van der Waals surface area (Å²) in [5, 5.41) is 13.1. The Morgan fingerprint density at radius 2 is 1.27 bits per heavy atom. The summed E-state index contributed by atoms with van der Waals surface area (Å²) >= 11 is 0. The molecule has 15 heavy (non-hydrogen) atoms. The number of likely N-dealkylation sites (N-methyl/N-ethyl adjacent to an activating group) is 1.